The molecule has 0 aromatic rings. The van der Waals surface area contributed by atoms with Crippen LogP contribution in [0.3, 0.4) is 0 Å². The second kappa shape index (κ2) is 6.86. The molecule has 1 rings (SSSR count). The van der Waals surface area contributed by atoms with Crippen molar-refractivity contribution >= 4 is 5.91 Å². The first-order valence-corrected chi connectivity index (χ1v) is 6.30. The van der Waals surface area contributed by atoms with Gasteiger partial charge in [-0.25, -0.2) is 0 Å². The largest absolute Gasteiger partial charge is 0.345 e. The second-order valence-electron chi connectivity index (χ2n) is 4.66. The number of likely N-dealkylation sites (N-methyl/N-ethyl adjacent to an activating group) is 2. The summed E-state index contributed by atoms with van der Waals surface area (Å²) >= 11 is 0. The van der Waals surface area contributed by atoms with Gasteiger partial charge in [0.15, 0.2) is 0 Å². The fraction of sp³-hybridized carbons (Fsp3) is 0.917. The molecule has 1 unspecified atom stereocenters. The predicted molar refractivity (Wildman–Crippen MR) is 66.4 cm³/mol. The number of nitrogens with zero attached hydrogens (tertiary/aromatic N) is 2. The highest BCUT2D eigenvalue weighted by atomic mass is 16.2. The Hall–Kier alpha value is -0.610. The zero-order chi connectivity index (χ0) is 12.0. The number of amides is 1. The van der Waals surface area contributed by atoms with Gasteiger partial charge in [0.1, 0.15) is 0 Å². The van der Waals surface area contributed by atoms with E-state index < -0.39 is 0 Å². The predicted octanol–water partition coefficient (Wildman–Crippen LogP) is 0.539. The first kappa shape index (κ1) is 13.5. The second-order valence-corrected chi connectivity index (χ2v) is 4.66. The zero-order valence-electron chi connectivity index (χ0n) is 10.8. The summed E-state index contributed by atoms with van der Waals surface area (Å²) in [5.74, 6) is 0.224. The van der Waals surface area contributed by atoms with Crippen molar-refractivity contribution in [2.75, 3.05) is 40.3 Å². The van der Waals surface area contributed by atoms with Crippen molar-refractivity contribution in [2.45, 2.75) is 32.2 Å². The molecule has 16 heavy (non-hydrogen) atoms. The number of hydrogen-bond acceptors (Lipinski definition) is 3. The molecule has 4 heteroatoms. The summed E-state index contributed by atoms with van der Waals surface area (Å²) in [7, 11) is 3.93. The lowest BCUT2D eigenvalue weighted by Gasteiger charge is -2.27. The molecule has 4 nitrogen and oxygen atoms in total. The van der Waals surface area contributed by atoms with E-state index in [1.165, 1.54) is 12.8 Å². The molecule has 0 radical (unpaired) electrons. The molecular weight excluding hydrogens is 202 g/mol. The molecule has 1 fully saturated rings. The molecule has 1 N–H and O–H groups in total. The fourth-order valence-corrected chi connectivity index (χ4v) is 2.08. The quantitative estimate of drug-likeness (QED) is 0.761. The van der Waals surface area contributed by atoms with Crippen LogP contribution in [0, 0.1) is 0 Å². The van der Waals surface area contributed by atoms with Gasteiger partial charge in [-0.3, -0.25) is 9.69 Å². The van der Waals surface area contributed by atoms with Gasteiger partial charge in [-0.1, -0.05) is 0 Å². The van der Waals surface area contributed by atoms with Crippen LogP contribution in [0.2, 0.25) is 0 Å². The molecule has 0 aliphatic carbocycles. The van der Waals surface area contributed by atoms with Crippen LogP contribution < -0.4 is 5.32 Å². The molecule has 1 aliphatic rings. The van der Waals surface area contributed by atoms with E-state index in [1.807, 2.05) is 14.0 Å². The minimum atomic E-state index is 0.224. The van der Waals surface area contributed by atoms with Gasteiger partial charge in [-0.15, -0.1) is 0 Å². The first-order valence-electron chi connectivity index (χ1n) is 6.30. The molecule has 1 amide bonds. The Bertz CT molecular complexity index is 212. The van der Waals surface area contributed by atoms with Gasteiger partial charge in [0.05, 0.1) is 6.54 Å². The van der Waals surface area contributed by atoms with Crippen molar-refractivity contribution in [3.8, 4) is 0 Å². The van der Waals surface area contributed by atoms with Crippen LogP contribution in [0.15, 0.2) is 0 Å². The minimum Gasteiger partial charge on any atom is -0.345 e. The van der Waals surface area contributed by atoms with Gasteiger partial charge in [0.25, 0.3) is 0 Å². The Kier molecular flexibility index (Phi) is 5.77. The van der Waals surface area contributed by atoms with Crippen LogP contribution in [0.1, 0.15) is 26.2 Å². The molecule has 0 saturated carbocycles. The molecule has 1 atom stereocenters. The van der Waals surface area contributed by atoms with Crippen molar-refractivity contribution in [1.82, 2.24) is 15.1 Å². The summed E-state index contributed by atoms with van der Waals surface area (Å²) in [4.78, 5) is 15.8. The fourth-order valence-electron chi connectivity index (χ4n) is 2.08. The minimum absolute atomic E-state index is 0.224. The molecule has 1 saturated heterocycles. The normalized spacial score (nSPS) is 21.9. The Labute approximate surface area is 99.0 Å². The smallest absolute Gasteiger partial charge is 0.236 e. The average molecular weight is 227 g/mol. The summed E-state index contributed by atoms with van der Waals surface area (Å²) in [6.07, 6.45) is 3.57. The average Bonchev–Trinajstić information content (AvgIpc) is 2.56. The lowest BCUT2D eigenvalue weighted by atomic mass is 10.1. The van der Waals surface area contributed by atoms with Gasteiger partial charge >= 0.3 is 0 Å². The third-order valence-electron chi connectivity index (χ3n) is 3.45. The summed E-state index contributed by atoms with van der Waals surface area (Å²) < 4.78 is 0. The Morgan fingerprint density at radius 3 is 2.75 bits per heavy atom. The van der Waals surface area contributed by atoms with Crippen LogP contribution in [0.25, 0.3) is 0 Å². The van der Waals surface area contributed by atoms with E-state index in [4.69, 9.17) is 0 Å². The third kappa shape index (κ3) is 4.10. The number of rotatable bonds is 4. The van der Waals surface area contributed by atoms with Gasteiger partial charge in [-0.2, -0.15) is 0 Å². The van der Waals surface area contributed by atoms with Crippen LogP contribution in [-0.4, -0.2) is 62.0 Å². The maximum atomic E-state index is 11.8. The number of carbonyl (C=O) groups excluding carboxylic acids is 1. The molecule has 0 aromatic heterocycles. The van der Waals surface area contributed by atoms with Gasteiger partial charge < -0.3 is 10.2 Å². The van der Waals surface area contributed by atoms with Gasteiger partial charge in [0, 0.05) is 19.6 Å². The molecule has 0 aromatic carbocycles. The summed E-state index contributed by atoms with van der Waals surface area (Å²) in [6.45, 7) is 5.54. The summed E-state index contributed by atoms with van der Waals surface area (Å²) in [6, 6.07) is 0.559. The molecule has 1 aliphatic heterocycles. The molecular formula is C12H25N3O. The van der Waals surface area contributed by atoms with Crippen molar-refractivity contribution in [3.05, 3.63) is 0 Å². The summed E-state index contributed by atoms with van der Waals surface area (Å²) in [5.41, 5.74) is 0. The standard InChI is InChI=1S/C12H25N3O/c1-4-14(2)12(16)10-15(3)11-6-5-8-13-9-7-11/h11,13H,4-10H2,1-3H3. The highest BCUT2D eigenvalue weighted by Crippen LogP contribution is 2.11. The lowest BCUT2D eigenvalue weighted by molar-refractivity contribution is -0.131. The Morgan fingerprint density at radius 2 is 2.06 bits per heavy atom. The number of nitrogens with one attached hydrogen (secondary N) is 1. The van der Waals surface area contributed by atoms with E-state index >= 15 is 0 Å². The van der Waals surface area contributed by atoms with Crippen molar-refractivity contribution in [3.63, 3.8) is 0 Å². The lowest BCUT2D eigenvalue weighted by Crippen LogP contribution is -2.41. The van der Waals surface area contributed by atoms with E-state index in [-0.39, 0.29) is 5.91 Å². The van der Waals surface area contributed by atoms with Gasteiger partial charge in [-0.05, 0) is 46.3 Å². The van der Waals surface area contributed by atoms with Crippen molar-refractivity contribution in [1.29, 1.82) is 0 Å². The summed E-state index contributed by atoms with van der Waals surface area (Å²) in [5, 5.41) is 3.40. The van der Waals surface area contributed by atoms with Gasteiger partial charge in [0.2, 0.25) is 5.91 Å². The van der Waals surface area contributed by atoms with Crippen molar-refractivity contribution in [2.24, 2.45) is 0 Å². The van der Waals surface area contributed by atoms with E-state index in [9.17, 15) is 4.79 Å². The van der Waals surface area contributed by atoms with Crippen LogP contribution in [0.5, 0.6) is 0 Å². The molecule has 94 valence electrons. The van der Waals surface area contributed by atoms with Crippen molar-refractivity contribution < 1.29 is 4.79 Å². The van der Waals surface area contributed by atoms with Crippen LogP contribution >= 0.6 is 0 Å². The highest BCUT2D eigenvalue weighted by Gasteiger charge is 2.19. The van der Waals surface area contributed by atoms with Crippen LogP contribution in [0.4, 0.5) is 0 Å². The zero-order valence-corrected chi connectivity index (χ0v) is 10.8. The maximum Gasteiger partial charge on any atom is 0.236 e. The Morgan fingerprint density at radius 1 is 1.31 bits per heavy atom. The first-order chi connectivity index (χ1) is 7.65. The topological polar surface area (TPSA) is 35.6 Å². The van der Waals surface area contributed by atoms with E-state index in [0.717, 1.165) is 26.1 Å². The van der Waals surface area contributed by atoms with E-state index in [1.54, 1.807) is 4.90 Å². The van der Waals surface area contributed by atoms with E-state index in [2.05, 4.69) is 17.3 Å². The highest BCUT2D eigenvalue weighted by molar-refractivity contribution is 5.77. The molecule has 0 bridgehead atoms. The van der Waals surface area contributed by atoms with E-state index in [0.29, 0.717) is 12.6 Å². The molecule has 0 spiro atoms. The SMILES string of the molecule is CCN(C)C(=O)CN(C)C1CCCNCC1. The number of carbonyl (C=O) groups is 1. The number of hydrogen-bond donors (Lipinski definition) is 1. The maximum absolute atomic E-state index is 11.8. The third-order valence-corrected chi connectivity index (χ3v) is 3.45. The van der Waals surface area contributed by atoms with Crippen LogP contribution in [-0.2, 0) is 4.79 Å². The molecule has 1 heterocycles. The monoisotopic (exact) mass is 227 g/mol. The Balaban J connectivity index is 2.37.